The summed E-state index contributed by atoms with van der Waals surface area (Å²) in [5, 5.41) is 12.6. The molecule has 0 N–H and O–H groups in total. The van der Waals surface area contributed by atoms with Crippen molar-refractivity contribution in [3.8, 4) is 0 Å². The average Bonchev–Trinajstić information content (AvgIpc) is 2.35. The molecule has 0 bridgehead atoms. The Morgan fingerprint density at radius 1 is 1.12 bits per heavy atom. The lowest BCUT2D eigenvalue weighted by Gasteiger charge is -2.06. The minimum absolute atomic E-state index is 0.180. The van der Waals surface area contributed by atoms with E-state index in [1.807, 2.05) is 24.3 Å². The van der Waals surface area contributed by atoms with Crippen LogP contribution in [0.4, 0.5) is 5.69 Å². The van der Waals surface area contributed by atoms with Crippen molar-refractivity contribution in [1.82, 2.24) is 0 Å². The highest BCUT2D eigenvalue weighted by atomic mass is 16.6. The van der Waals surface area contributed by atoms with Crippen LogP contribution in [-0.2, 0) is 6.42 Å². The fraction of sp³-hybridized carbons (Fsp3) is 0.214. The van der Waals surface area contributed by atoms with Crippen LogP contribution >= 0.6 is 0 Å². The predicted octanol–water partition coefficient (Wildman–Crippen LogP) is 3.90. The highest BCUT2D eigenvalue weighted by Gasteiger charge is 2.13. The zero-order valence-electron chi connectivity index (χ0n) is 9.56. The van der Waals surface area contributed by atoms with Crippen LogP contribution in [0.25, 0.3) is 10.8 Å². The van der Waals surface area contributed by atoms with Gasteiger partial charge in [0.2, 0.25) is 0 Å². The lowest BCUT2D eigenvalue weighted by Crippen LogP contribution is -1.93. The molecule has 0 aromatic heterocycles. The van der Waals surface area contributed by atoms with E-state index >= 15 is 0 Å². The number of aryl methyl sites for hydroxylation is 1. The SMILES string of the molecule is [CH2]CCCc1ccc([N+](=O)[O-])c2ccccc12. The molecular formula is C14H14NO2. The van der Waals surface area contributed by atoms with Crippen molar-refractivity contribution in [3.05, 3.63) is 59.0 Å². The van der Waals surface area contributed by atoms with Crippen molar-refractivity contribution in [3.63, 3.8) is 0 Å². The standard InChI is InChI=1S/C14H14NO2/c1-2-3-6-11-9-10-14(15(16)17)13-8-5-4-7-12(11)13/h4-5,7-10H,1-3,6H2. The normalized spacial score (nSPS) is 10.6. The van der Waals surface area contributed by atoms with E-state index in [2.05, 4.69) is 6.92 Å². The Balaban J connectivity index is 2.58. The highest BCUT2D eigenvalue weighted by Crippen LogP contribution is 2.28. The van der Waals surface area contributed by atoms with E-state index < -0.39 is 0 Å². The van der Waals surface area contributed by atoms with Gasteiger partial charge < -0.3 is 0 Å². The molecule has 87 valence electrons. The van der Waals surface area contributed by atoms with E-state index in [1.54, 1.807) is 12.1 Å². The summed E-state index contributed by atoms with van der Waals surface area (Å²) in [6.07, 6.45) is 2.80. The van der Waals surface area contributed by atoms with Crippen LogP contribution in [0.3, 0.4) is 0 Å². The summed E-state index contributed by atoms with van der Waals surface area (Å²) in [6.45, 7) is 3.82. The number of fused-ring (bicyclic) bond motifs is 1. The molecule has 0 fully saturated rings. The first-order chi connectivity index (χ1) is 8.24. The third-order valence-electron chi connectivity index (χ3n) is 2.88. The van der Waals surface area contributed by atoms with Crippen molar-refractivity contribution in [1.29, 1.82) is 0 Å². The molecule has 0 aliphatic heterocycles. The molecule has 0 heterocycles. The Morgan fingerprint density at radius 2 is 1.82 bits per heavy atom. The second-order valence-electron chi connectivity index (χ2n) is 4.00. The maximum absolute atomic E-state index is 10.9. The lowest BCUT2D eigenvalue weighted by atomic mass is 9.99. The monoisotopic (exact) mass is 228 g/mol. The Morgan fingerprint density at radius 3 is 2.47 bits per heavy atom. The zero-order valence-corrected chi connectivity index (χ0v) is 9.56. The molecule has 0 saturated carbocycles. The number of hydrogen-bond donors (Lipinski definition) is 0. The largest absolute Gasteiger partial charge is 0.277 e. The number of nitrogens with zero attached hydrogens (tertiary/aromatic N) is 1. The fourth-order valence-corrected chi connectivity index (χ4v) is 2.04. The number of unbranched alkanes of at least 4 members (excludes halogenated alkanes) is 1. The zero-order chi connectivity index (χ0) is 12.3. The maximum Gasteiger partial charge on any atom is 0.277 e. The van der Waals surface area contributed by atoms with E-state index in [4.69, 9.17) is 0 Å². The Bertz CT molecular complexity index is 549. The topological polar surface area (TPSA) is 43.1 Å². The summed E-state index contributed by atoms with van der Waals surface area (Å²) >= 11 is 0. The van der Waals surface area contributed by atoms with Crippen molar-refractivity contribution in [2.45, 2.75) is 19.3 Å². The summed E-state index contributed by atoms with van der Waals surface area (Å²) in [7, 11) is 0. The Kier molecular flexibility index (Phi) is 3.38. The number of rotatable bonds is 4. The van der Waals surface area contributed by atoms with Gasteiger partial charge in [-0.05, 0) is 29.9 Å². The Hall–Kier alpha value is -1.90. The summed E-state index contributed by atoms with van der Waals surface area (Å²) in [5.41, 5.74) is 1.34. The third kappa shape index (κ3) is 2.28. The smallest absolute Gasteiger partial charge is 0.258 e. The number of nitro benzene ring substituents is 1. The van der Waals surface area contributed by atoms with Gasteiger partial charge in [0.15, 0.2) is 0 Å². The van der Waals surface area contributed by atoms with Crippen LogP contribution in [0, 0.1) is 17.0 Å². The molecule has 2 rings (SSSR count). The minimum Gasteiger partial charge on any atom is -0.258 e. The summed E-state index contributed by atoms with van der Waals surface area (Å²) in [4.78, 5) is 10.6. The van der Waals surface area contributed by atoms with Crippen LogP contribution in [0.15, 0.2) is 36.4 Å². The molecule has 0 saturated heterocycles. The van der Waals surface area contributed by atoms with Gasteiger partial charge in [0.05, 0.1) is 10.3 Å². The van der Waals surface area contributed by atoms with Gasteiger partial charge in [0, 0.05) is 6.07 Å². The molecular weight excluding hydrogens is 214 g/mol. The molecule has 3 heteroatoms. The molecule has 0 aliphatic rings. The second kappa shape index (κ2) is 4.95. The van der Waals surface area contributed by atoms with E-state index in [9.17, 15) is 10.1 Å². The molecule has 0 aliphatic carbocycles. The van der Waals surface area contributed by atoms with E-state index in [0.717, 1.165) is 35.6 Å². The third-order valence-corrected chi connectivity index (χ3v) is 2.88. The summed E-state index contributed by atoms with van der Waals surface area (Å²) in [5.74, 6) is 0. The van der Waals surface area contributed by atoms with E-state index in [-0.39, 0.29) is 10.6 Å². The van der Waals surface area contributed by atoms with Gasteiger partial charge in [-0.25, -0.2) is 0 Å². The molecule has 0 unspecified atom stereocenters. The number of non-ortho nitro benzene ring substituents is 1. The van der Waals surface area contributed by atoms with Gasteiger partial charge in [0.25, 0.3) is 5.69 Å². The molecule has 0 spiro atoms. The highest BCUT2D eigenvalue weighted by molar-refractivity contribution is 5.93. The molecule has 0 atom stereocenters. The van der Waals surface area contributed by atoms with Gasteiger partial charge in [-0.2, -0.15) is 0 Å². The maximum atomic E-state index is 10.9. The summed E-state index contributed by atoms with van der Waals surface area (Å²) < 4.78 is 0. The second-order valence-corrected chi connectivity index (χ2v) is 4.00. The summed E-state index contributed by atoms with van der Waals surface area (Å²) in [6, 6.07) is 11.0. The minimum atomic E-state index is -0.326. The van der Waals surface area contributed by atoms with Crippen LogP contribution in [-0.4, -0.2) is 4.92 Å². The van der Waals surface area contributed by atoms with Crippen molar-refractivity contribution in [2.24, 2.45) is 0 Å². The van der Waals surface area contributed by atoms with Crippen molar-refractivity contribution >= 4 is 16.5 Å². The number of benzene rings is 2. The van der Waals surface area contributed by atoms with Crippen LogP contribution < -0.4 is 0 Å². The molecule has 0 amide bonds. The Labute approximate surface area is 100 Å². The van der Waals surface area contributed by atoms with Gasteiger partial charge in [-0.15, -0.1) is 0 Å². The van der Waals surface area contributed by atoms with Crippen molar-refractivity contribution in [2.75, 3.05) is 0 Å². The fourth-order valence-electron chi connectivity index (χ4n) is 2.04. The van der Waals surface area contributed by atoms with Crippen LogP contribution in [0.1, 0.15) is 18.4 Å². The van der Waals surface area contributed by atoms with Gasteiger partial charge >= 0.3 is 0 Å². The first-order valence-corrected chi connectivity index (χ1v) is 5.68. The first kappa shape index (κ1) is 11.6. The first-order valence-electron chi connectivity index (χ1n) is 5.68. The van der Waals surface area contributed by atoms with E-state index in [0.29, 0.717) is 0 Å². The molecule has 3 nitrogen and oxygen atoms in total. The van der Waals surface area contributed by atoms with Gasteiger partial charge in [-0.1, -0.05) is 37.6 Å². The van der Waals surface area contributed by atoms with Crippen LogP contribution in [0.2, 0.25) is 0 Å². The van der Waals surface area contributed by atoms with Gasteiger partial charge in [-0.3, -0.25) is 10.1 Å². The predicted molar refractivity (Wildman–Crippen MR) is 68.9 cm³/mol. The molecule has 1 radical (unpaired) electrons. The quantitative estimate of drug-likeness (QED) is 0.588. The molecule has 2 aromatic rings. The lowest BCUT2D eigenvalue weighted by molar-refractivity contribution is -0.383. The van der Waals surface area contributed by atoms with Gasteiger partial charge in [0.1, 0.15) is 0 Å². The molecule has 2 aromatic carbocycles. The van der Waals surface area contributed by atoms with E-state index in [1.165, 1.54) is 0 Å². The van der Waals surface area contributed by atoms with Crippen molar-refractivity contribution < 1.29 is 4.92 Å². The number of hydrogen-bond acceptors (Lipinski definition) is 2. The number of nitro groups is 1. The molecule has 17 heavy (non-hydrogen) atoms. The van der Waals surface area contributed by atoms with Crippen LogP contribution in [0.5, 0.6) is 0 Å². The average molecular weight is 228 g/mol.